The van der Waals surface area contributed by atoms with Gasteiger partial charge in [0.1, 0.15) is 11.4 Å². The molecule has 2 heterocycles. The molecule has 1 N–H and O–H groups in total. The molecule has 0 bridgehead atoms. The van der Waals surface area contributed by atoms with Crippen LogP contribution in [0.4, 0.5) is 4.79 Å². The van der Waals surface area contributed by atoms with E-state index < -0.39 is 11.6 Å². The third-order valence-electron chi connectivity index (χ3n) is 3.49. The molecule has 128 valence electrons. The average molecular weight is 324 g/mol. The van der Waals surface area contributed by atoms with Crippen molar-refractivity contribution in [1.29, 1.82) is 0 Å². The van der Waals surface area contributed by atoms with Crippen LogP contribution in [0.1, 0.15) is 62.9 Å². The molecule has 1 fully saturated rings. The Labute approximate surface area is 135 Å². The Morgan fingerprint density at radius 2 is 1.96 bits per heavy atom. The van der Waals surface area contributed by atoms with E-state index >= 15 is 0 Å². The molecule has 0 spiro atoms. The van der Waals surface area contributed by atoms with Gasteiger partial charge in [0.15, 0.2) is 0 Å². The van der Waals surface area contributed by atoms with Crippen LogP contribution in [0.2, 0.25) is 0 Å². The number of likely N-dealkylation sites (tertiary alicyclic amines) is 1. The molecule has 1 aliphatic rings. The zero-order valence-electron chi connectivity index (χ0n) is 14.1. The van der Waals surface area contributed by atoms with Crippen LogP contribution in [0, 0.1) is 0 Å². The van der Waals surface area contributed by atoms with E-state index in [1.807, 2.05) is 20.8 Å². The summed E-state index contributed by atoms with van der Waals surface area (Å²) in [5, 5.41) is 6.70. The molecule has 23 heavy (non-hydrogen) atoms. The molecule has 8 nitrogen and oxygen atoms in total. The zero-order chi connectivity index (χ0) is 17.0. The van der Waals surface area contributed by atoms with E-state index in [0.29, 0.717) is 18.9 Å². The van der Waals surface area contributed by atoms with Crippen molar-refractivity contribution < 1.29 is 19.1 Å². The van der Waals surface area contributed by atoms with Crippen LogP contribution in [0.5, 0.6) is 0 Å². The molecule has 0 aliphatic carbocycles. The van der Waals surface area contributed by atoms with Gasteiger partial charge in [0, 0.05) is 19.0 Å². The molecular formula is C15H24N4O4. The summed E-state index contributed by atoms with van der Waals surface area (Å²) in [5.74, 6) is 0.332. The predicted molar refractivity (Wildman–Crippen MR) is 82.1 cm³/mol. The van der Waals surface area contributed by atoms with E-state index in [1.165, 1.54) is 0 Å². The first-order valence-electron chi connectivity index (χ1n) is 7.87. The highest BCUT2D eigenvalue weighted by Gasteiger charge is 2.29. The Balaban J connectivity index is 1.89. The van der Waals surface area contributed by atoms with Crippen molar-refractivity contribution in [2.24, 2.45) is 0 Å². The quantitative estimate of drug-likeness (QED) is 0.855. The monoisotopic (exact) mass is 324 g/mol. The van der Waals surface area contributed by atoms with Crippen molar-refractivity contribution >= 4 is 12.1 Å². The molecule has 1 amide bonds. The first kappa shape index (κ1) is 17.2. The average Bonchev–Trinajstić information content (AvgIpc) is 2.96. The van der Waals surface area contributed by atoms with Crippen molar-refractivity contribution in [2.75, 3.05) is 19.7 Å². The van der Waals surface area contributed by atoms with Gasteiger partial charge in [0.05, 0.1) is 6.61 Å². The minimum atomic E-state index is -0.527. The Morgan fingerprint density at radius 1 is 1.30 bits per heavy atom. The summed E-state index contributed by atoms with van der Waals surface area (Å²) in [4.78, 5) is 29.5. The minimum Gasteiger partial charge on any atom is -0.460 e. The molecule has 1 aromatic rings. The number of amides is 1. The van der Waals surface area contributed by atoms with Gasteiger partial charge >= 0.3 is 12.1 Å². The smallest absolute Gasteiger partial charge is 0.410 e. The van der Waals surface area contributed by atoms with Crippen LogP contribution in [0.15, 0.2) is 0 Å². The second-order valence-electron chi connectivity index (χ2n) is 6.51. The van der Waals surface area contributed by atoms with Gasteiger partial charge in [0.2, 0.25) is 0 Å². The number of piperidine rings is 1. The Kier molecular flexibility index (Phi) is 5.23. The lowest BCUT2D eigenvalue weighted by Gasteiger charge is -2.32. The van der Waals surface area contributed by atoms with Crippen LogP contribution in [-0.2, 0) is 9.47 Å². The largest absolute Gasteiger partial charge is 0.460 e. The zero-order valence-corrected chi connectivity index (χ0v) is 14.1. The number of esters is 1. The predicted octanol–water partition coefficient (Wildman–Crippen LogP) is 2.10. The number of hydrogen-bond acceptors (Lipinski definition) is 6. The number of aromatic amines is 1. The second-order valence-corrected chi connectivity index (χ2v) is 6.51. The van der Waals surface area contributed by atoms with Gasteiger partial charge < -0.3 is 14.4 Å². The van der Waals surface area contributed by atoms with E-state index in [0.717, 1.165) is 12.8 Å². The lowest BCUT2D eigenvalue weighted by molar-refractivity contribution is 0.0203. The van der Waals surface area contributed by atoms with Crippen molar-refractivity contribution in [3.8, 4) is 0 Å². The maximum Gasteiger partial charge on any atom is 0.410 e. The van der Waals surface area contributed by atoms with Gasteiger partial charge in [-0.3, -0.25) is 5.10 Å². The van der Waals surface area contributed by atoms with Crippen molar-refractivity contribution in [2.45, 2.75) is 52.1 Å². The van der Waals surface area contributed by atoms with Crippen LogP contribution in [-0.4, -0.2) is 57.4 Å². The molecule has 1 saturated heterocycles. The summed E-state index contributed by atoms with van der Waals surface area (Å²) in [5.41, 5.74) is -0.493. The number of nitrogens with zero attached hydrogens (tertiary/aromatic N) is 3. The van der Waals surface area contributed by atoms with Gasteiger partial charge in [-0.15, -0.1) is 5.10 Å². The first-order valence-corrected chi connectivity index (χ1v) is 7.87. The van der Waals surface area contributed by atoms with Gasteiger partial charge in [0.25, 0.3) is 5.82 Å². The third-order valence-corrected chi connectivity index (χ3v) is 3.49. The highest BCUT2D eigenvalue weighted by atomic mass is 16.6. The number of carbonyl (C=O) groups is 2. The molecule has 0 atom stereocenters. The molecule has 1 aromatic heterocycles. The fourth-order valence-electron chi connectivity index (χ4n) is 2.41. The highest BCUT2D eigenvalue weighted by Crippen LogP contribution is 2.26. The number of nitrogens with one attached hydrogen (secondary N) is 1. The second kappa shape index (κ2) is 6.97. The maximum atomic E-state index is 12.0. The summed E-state index contributed by atoms with van der Waals surface area (Å²) < 4.78 is 10.2. The molecule has 1 aliphatic heterocycles. The topological polar surface area (TPSA) is 97.4 Å². The fraction of sp³-hybridized carbons (Fsp3) is 0.733. The van der Waals surface area contributed by atoms with Gasteiger partial charge in [-0.1, -0.05) is 0 Å². The van der Waals surface area contributed by atoms with Crippen molar-refractivity contribution in [3.63, 3.8) is 0 Å². The van der Waals surface area contributed by atoms with E-state index in [1.54, 1.807) is 11.8 Å². The summed E-state index contributed by atoms with van der Waals surface area (Å²) in [6, 6.07) is 0. The van der Waals surface area contributed by atoms with E-state index in [2.05, 4.69) is 15.2 Å². The molecule has 0 radical (unpaired) electrons. The fourth-order valence-corrected chi connectivity index (χ4v) is 2.41. The van der Waals surface area contributed by atoms with Crippen molar-refractivity contribution in [3.05, 3.63) is 11.6 Å². The summed E-state index contributed by atoms with van der Waals surface area (Å²) in [6.07, 6.45) is 1.20. The van der Waals surface area contributed by atoms with Gasteiger partial charge in [-0.2, -0.15) is 0 Å². The highest BCUT2D eigenvalue weighted by molar-refractivity contribution is 5.84. The molecule has 2 rings (SSSR count). The van der Waals surface area contributed by atoms with E-state index in [9.17, 15) is 9.59 Å². The van der Waals surface area contributed by atoms with E-state index in [4.69, 9.17) is 9.47 Å². The molecule has 8 heteroatoms. The normalized spacial score (nSPS) is 16.3. The Hall–Kier alpha value is -2.12. The molecule has 0 saturated carbocycles. The van der Waals surface area contributed by atoms with E-state index in [-0.39, 0.29) is 24.4 Å². The van der Waals surface area contributed by atoms with Crippen LogP contribution in [0.3, 0.4) is 0 Å². The number of H-pyrrole nitrogens is 1. The molecule has 0 aromatic carbocycles. The standard InChI is InChI=1S/C15H24N4O4/c1-5-22-13(20)12-16-11(17-18-12)10-6-8-19(9-7-10)14(21)23-15(2,3)4/h10H,5-9H2,1-4H3,(H,16,17,18). The van der Waals surface area contributed by atoms with Crippen molar-refractivity contribution in [1.82, 2.24) is 20.1 Å². The number of aromatic nitrogens is 3. The lowest BCUT2D eigenvalue weighted by atomic mass is 9.96. The number of hydrogen-bond donors (Lipinski definition) is 1. The minimum absolute atomic E-state index is 0.0522. The number of ether oxygens (including phenoxy) is 2. The Morgan fingerprint density at radius 3 is 2.52 bits per heavy atom. The molecular weight excluding hydrogens is 300 g/mol. The first-order chi connectivity index (χ1) is 10.8. The summed E-state index contributed by atoms with van der Waals surface area (Å²) in [7, 11) is 0. The Bertz CT molecular complexity index is 556. The van der Waals surface area contributed by atoms with Crippen LogP contribution in [0.25, 0.3) is 0 Å². The summed E-state index contributed by atoms with van der Waals surface area (Å²) >= 11 is 0. The summed E-state index contributed by atoms with van der Waals surface area (Å²) in [6.45, 7) is 8.76. The van der Waals surface area contributed by atoms with Crippen LogP contribution >= 0.6 is 0 Å². The van der Waals surface area contributed by atoms with Gasteiger partial charge in [-0.05, 0) is 40.5 Å². The van der Waals surface area contributed by atoms with Gasteiger partial charge in [-0.25, -0.2) is 14.6 Å². The SMILES string of the molecule is CCOC(=O)c1n[nH]c(C2CCN(C(=O)OC(C)(C)C)CC2)n1. The molecule has 0 unspecified atom stereocenters. The third kappa shape index (κ3) is 4.67. The number of carbonyl (C=O) groups excluding carboxylic acids is 2. The number of rotatable bonds is 3. The lowest BCUT2D eigenvalue weighted by Crippen LogP contribution is -2.41. The van der Waals surface area contributed by atoms with Crippen LogP contribution < -0.4 is 0 Å². The maximum absolute atomic E-state index is 12.0.